The third-order valence-electron chi connectivity index (χ3n) is 7.37. The second-order valence-corrected chi connectivity index (χ2v) is 10.6. The zero-order chi connectivity index (χ0) is 26.4. The van der Waals surface area contributed by atoms with Gasteiger partial charge in [0.05, 0.1) is 36.2 Å². The molecule has 5 rings (SSSR count). The first-order valence-electron chi connectivity index (χ1n) is 12.4. The summed E-state index contributed by atoms with van der Waals surface area (Å²) in [7, 11) is 1.45. The van der Waals surface area contributed by atoms with E-state index < -0.39 is 6.10 Å². The molecule has 37 heavy (non-hydrogen) atoms. The van der Waals surface area contributed by atoms with Gasteiger partial charge in [0.25, 0.3) is 5.56 Å². The smallest absolute Gasteiger partial charge is 0.257 e. The Labute approximate surface area is 217 Å². The van der Waals surface area contributed by atoms with E-state index in [1.165, 1.54) is 13.2 Å². The molecular formula is C27H30FN3O5S. The molecule has 0 aliphatic carbocycles. The number of halogens is 1. The van der Waals surface area contributed by atoms with E-state index in [-0.39, 0.29) is 47.8 Å². The maximum Gasteiger partial charge on any atom is 0.257 e. The number of hydrogen-bond donors (Lipinski definition) is 3. The second kappa shape index (κ2) is 10.3. The van der Waals surface area contributed by atoms with Crippen LogP contribution in [-0.4, -0.2) is 51.6 Å². The maximum atomic E-state index is 14.9. The van der Waals surface area contributed by atoms with Crippen molar-refractivity contribution in [2.45, 2.75) is 63.0 Å². The first-order valence-corrected chi connectivity index (χ1v) is 13.4. The molecule has 3 atom stereocenters. The van der Waals surface area contributed by atoms with Crippen LogP contribution in [0.15, 0.2) is 21.8 Å². The molecule has 2 aliphatic rings. The summed E-state index contributed by atoms with van der Waals surface area (Å²) in [6.45, 7) is 4.54. The maximum absolute atomic E-state index is 14.9. The van der Waals surface area contributed by atoms with E-state index in [0.717, 1.165) is 21.4 Å². The Morgan fingerprint density at radius 3 is 2.86 bits per heavy atom. The van der Waals surface area contributed by atoms with Crippen molar-refractivity contribution in [1.82, 2.24) is 14.9 Å². The van der Waals surface area contributed by atoms with Crippen LogP contribution in [0, 0.1) is 12.7 Å². The van der Waals surface area contributed by atoms with Gasteiger partial charge < -0.3 is 29.6 Å². The number of aromatic nitrogens is 2. The highest BCUT2D eigenvalue weighted by atomic mass is 32.2. The number of methoxy groups -OCH3 is 1. The molecule has 0 fully saturated rings. The quantitative estimate of drug-likeness (QED) is 0.285. The van der Waals surface area contributed by atoms with E-state index in [1.54, 1.807) is 29.3 Å². The first kappa shape index (κ1) is 26.0. The molecule has 4 heterocycles. The lowest BCUT2D eigenvalue weighted by Crippen LogP contribution is -2.30. The van der Waals surface area contributed by atoms with Crippen LogP contribution in [0.1, 0.15) is 59.7 Å². The van der Waals surface area contributed by atoms with Crippen LogP contribution in [0.5, 0.6) is 0 Å². The summed E-state index contributed by atoms with van der Waals surface area (Å²) in [5.41, 5.74) is 4.01. The minimum Gasteiger partial charge on any atom is -0.393 e. The molecule has 0 saturated heterocycles. The van der Waals surface area contributed by atoms with Gasteiger partial charge in [-0.3, -0.25) is 4.79 Å². The van der Waals surface area contributed by atoms with E-state index in [2.05, 4.69) is 5.32 Å². The van der Waals surface area contributed by atoms with Crippen LogP contribution < -0.4 is 10.9 Å². The van der Waals surface area contributed by atoms with Gasteiger partial charge in [0.1, 0.15) is 11.9 Å². The van der Waals surface area contributed by atoms with Crippen LogP contribution >= 0.6 is 11.8 Å². The Bertz CT molecular complexity index is 1460. The lowest BCUT2D eigenvalue weighted by molar-refractivity contribution is -0.115. The topological polar surface area (TPSA) is 114 Å². The number of carbonyl (C=O) groups excluding carboxylic acids is 1. The normalized spacial score (nSPS) is 17.5. The fourth-order valence-corrected chi connectivity index (χ4v) is 6.64. The first-order chi connectivity index (χ1) is 17.8. The van der Waals surface area contributed by atoms with Crippen LogP contribution in [-0.2, 0) is 22.7 Å². The van der Waals surface area contributed by atoms with E-state index in [1.807, 2.05) is 6.92 Å². The second-order valence-electron chi connectivity index (χ2n) is 9.60. The SMILES string of the molecule is CCC(O)CCNC1CSc2c(C)c(F)cc3nc4c(c1c23)Cn1c-4cc(C(O)C=O)c(COC)c1=O. The third-order valence-corrected chi connectivity index (χ3v) is 8.67. The van der Waals surface area contributed by atoms with Crippen molar-refractivity contribution in [2.24, 2.45) is 0 Å². The Morgan fingerprint density at radius 2 is 2.16 bits per heavy atom. The lowest BCUT2D eigenvalue weighted by atomic mass is 9.93. The van der Waals surface area contributed by atoms with Crippen molar-refractivity contribution in [1.29, 1.82) is 0 Å². The van der Waals surface area contributed by atoms with Gasteiger partial charge in [0.2, 0.25) is 0 Å². The van der Waals surface area contributed by atoms with E-state index >= 15 is 0 Å². The van der Waals surface area contributed by atoms with Crippen molar-refractivity contribution in [3.63, 3.8) is 0 Å². The van der Waals surface area contributed by atoms with Crippen molar-refractivity contribution >= 4 is 29.0 Å². The minimum absolute atomic E-state index is 0.0485. The van der Waals surface area contributed by atoms with E-state index in [0.29, 0.717) is 53.9 Å². The van der Waals surface area contributed by atoms with Gasteiger partial charge in [0.15, 0.2) is 6.29 Å². The van der Waals surface area contributed by atoms with E-state index in [4.69, 9.17) is 9.72 Å². The predicted octanol–water partition coefficient (Wildman–Crippen LogP) is 3.15. The summed E-state index contributed by atoms with van der Waals surface area (Å²) >= 11 is 1.58. The molecule has 3 aromatic rings. The molecule has 3 unspecified atom stereocenters. The highest BCUT2D eigenvalue weighted by Gasteiger charge is 2.35. The molecule has 0 bridgehead atoms. The Kier molecular flexibility index (Phi) is 7.21. The molecule has 1 aromatic carbocycles. The molecule has 8 nitrogen and oxygen atoms in total. The molecule has 196 valence electrons. The third kappa shape index (κ3) is 4.30. The molecule has 0 radical (unpaired) electrons. The van der Waals surface area contributed by atoms with Crippen LogP contribution in [0.3, 0.4) is 0 Å². The Balaban J connectivity index is 1.73. The Hall–Kier alpha value is -2.63. The molecule has 2 aliphatic heterocycles. The van der Waals surface area contributed by atoms with Gasteiger partial charge in [-0.15, -0.1) is 11.8 Å². The summed E-state index contributed by atoms with van der Waals surface area (Å²) in [6, 6.07) is 2.97. The predicted molar refractivity (Wildman–Crippen MR) is 139 cm³/mol. The lowest BCUT2D eigenvalue weighted by Gasteiger charge is -2.29. The van der Waals surface area contributed by atoms with Crippen molar-refractivity contribution < 1.29 is 24.1 Å². The fraction of sp³-hybridized carbons (Fsp3) is 0.444. The number of benzene rings is 1. The molecule has 2 aromatic heterocycles. The average Bonchev–Trinajstić information content (AvgIpc) is 3.27. The largest absolute Gasteiger partial charge is 0.393 e. The highest BCUT2D eigenvalue weighted by Crippen LogP contribution is 2.47. The number of ether oxygens (including phenoxy) is 1. The molecule has 0 saturated carbocycles. The summed E-state index contributed by atoms with van der Waals surface area (Å²) in [4.78, 5) is 30.6. The van der Waals surface area contributed by atoms with Gasteiger partial charge in [-0.05, 0) is 43.5 Å². The molecule has 3 N–H and O–H groups in total. The average molecular weight is 528 g/mol. The monoisotopic (exact) mass is 527 g/mol. The van der Waals surface area contributed by atoms with Gasteiger partial charge in [-0.1, -0.05) is 6.92 Å². The summed E-state index contributed by atoms with van der Waals surface area (Å²) in [5, 5.41) is 24.8. The molecular weight excluding hydrogens is 497 g/mol. The van der Waals surface area contributed by atoms with Crippen LogP contribution in [0.25, 0.3) is 22.3 Å². The Morgan fingerprint density at radius 1 is 1.38 bits per heavy atom. The van der Waals surface area contributed by atoms with Crippen molar-refractivity contribution in [3.05, 3.63) is 56.1 Å². The van der Waals surface area contributed by atoms with Crippen molar-refractivity contribution in [2.75, 3.05) is 19.4 Å². The molecule has 0 spiro atoms. The van der Waals surface area contributed by atoms with Crippen LogP contribution in [0.2, 0.25) is 0 Å². The zero-order valence-electron chi connectivity index (χ0n) is 21.0. The molecule has 10 heteroatoms. The van der Waals surface area contributed by atoms with E-state index in [9.17, 15) is 24.2 Å². The number of thioether (sulfide) groups is 1. The number of pyridine rings is 2. The van der Waals surface area contributed by atoms with Gasteiger partial charge in [-0.25, -0.2) is 9.37 Å². The van der Waals surface area contributed by atoms with Crippen molar-refractivity contribution in [3.8, 4) is 11.4 Å². The summed E-state index contributed by atoms with van der Waals surface area (Å²) in [5.74, 6) is 0.328. The fourth-order valence-electron chi connectivity index (χ4n) is 5.35. The number of hydrogen-bond acceptors (Lipinski definition) is 8. The number of aldehydes is 1. The zero-order valence-corrected chi connectivity index (χ0v) is 21.8. The summed E-state index contributed by atoms with van der Waals surface area (Å²) < 4.78 is 21.7. The number of nitrogens with one attached hydrogen (secondary N) is 1. The number of nitrogens with zero attached hydrogens (tertiary/aromatic N) is 2. The highest BCUT2D eigenvalue weighted by molar-refractivity contribution is 7.99. The minimum atomic E-state index is -1.48. The standard InChI is InChI=1S/C27H30FN3O5S/c1-4-14(33)5-6-29-20-12-37-26-13(2)18(28)8-19-24(26)23(20)16-9-31-21(25(16)30-19)7-15(22(34)10-32)17(11-36-3)27(31)35/h7-8,10,14,20,22,29,33-34H,4-6,9,11-12H2,1-3H3. The number of aliphatic hydroxyl groups excluding tert-OH is 2. The van der Waals surface area contributed by atoms with Crippen LogP contribution in [0.4, 0.5) is 4.39 Å². The van der Waals surface area contributed by atoms with Gasteiger partial charge in [0, 0.05) is 51.9 Å². The number of rotatable bonds is 9. The molecule has 0 amide bonds. The number of carbonyl (C=O) groups is 1. The van der Waals surface area contributed by atoms with Gasteiger partial charge >= 0.3 is 0 Å². The van der Waals surface area contributed by atoms with Gasteiger partial charge in [-0.2, -0.15) is 0 Å². The number of aliphatic hydroxyl groups is 2. The number of fused-ring (bicyclic) bond motifs is 4. The summed E-state index contributed by atoms with van der Waals surface area (Å²) in [6.07, 6.45) is -0.204.